The molecular weight excluding hydrogens is 326 g/mol. The SMILES string of the molecule is Cc1ccccc1CCNC(=O)[C@@H]1Nc2ccccc2S(=O)(=O)N1. The number of aryl methyl sites for hydroxylation is 1. The smallest absolute Gasteiger partial charge is 0.258 e. The number of nitrogens with one attached hydrogen (secondary N) is 3. The van der Waals surface area contributed by atoms with Gasteiger partial charge in [0.25, 0.3) is 5.91 Å². The van der Waals surface area contributed by atoms with Gasteiger partial charge in [-0.25, -0.2) is 8.42 Å². The van der Waals surface area contributed by atoms with Gasteiger partial charge >= 0.3 is 0 Å². The zero-order chi connectivity index (χ0) is 17.2. The summed E-state index contributed by atoms with van der Waals surface area (Å²) in [4.78, 5) is 12.4. The third-order valence-electron chi connectivity index (χ3n) is 3.97. The van der Waals surface area contributed by atoms with Gasteiger partial charge in [-0.1, -0.05) is 36.4 Å². The van der Waals surface area contributed by atoms with Crippen LogP contribution in [0.15, 0.2) is 53.4 Å². The number of hydrogen-bond acceptors (Lipinski definition) is 4. The van der Waals surface area contributed by atoms with Crippen molar-refractivity contribution in [3.05, 3.63) is 59.7 Å². The molecule has 2 aromatic rings. The number of carbonyl (C=O) groups is 1. The lowest BCUT2D eigenvalue weighted by atomic mass is 10.1. The van der Waals surface area contributed by atoms with Crippen LogP contribution < -0.4 is 15.4 Å². The summed E-state index contributed by atoms with van der Waals surface area (Å²) < 4.78 is 26.8. The van der Waals surface area contributed by atoms with Crippen molar-refractivity contribution in [3.8, 4) is 0 Å². The first-order valence-electron chi connectivity index (χ1n) is 7.67. The van der Waals surface area contributed by atoms with Crippen molar-refractivity contribution in [2.24, 2.45) is 0 Å². The van der Waals surface area contributed by atoms with Gasteiger partial charge in [0.05, 0.1) is 5.69 Å². The number of benzene rings is 2. The molecule has 0 fully saturated rings. The summed E-state index contributed by atoms with van der Waals surface area (Å²) in [5.41, 5.74) is 2.74. The molecule has 2 aromatic carbocycles. The second-order valence-electron chi connectivity index (χ2n) is 5.66. The van der Waals surface area contributed by atoms with E-state index >= 15 is 0 Å². The van der Waals surface area contributed by atoms with Crippen LogP contribution in [-0.2, 0) is 21.2 Å². The fourth-order valence-electron chi connectivity index (χ4n) is 2.66. The van der Waals surface area contributed by atoms with E-state index in [2.05, 4.69) is 15.4 Å². The average molecular weight is 345 g/mol. The van der Waals surface area contributed by atoms with Crippen LogP contribution in [-0.4, -0.2) is 27.0 Å². The minimum atomic E-state index is -3.69. The van der Waals surface area contributed by atoms with Crippen LogP contribution in [0.3, 0.4) is 0 Å². The first-order valence-corrected chi connectivity index (χ1v) is 9.16. The second kappa shape index (κ2) is 6.62. The van der Waals surface area contributed by atoms with E-state index in [1.807, 2.05) is 31.2 Å². The lowest BCUT2D eigenvalue weighted by molar-refractivity contribution is -0.122. The summed E-state index contributed by atoms with van der Waals surface area (Å²) in [6.07, 6.45) is -0.323. The first kappa shape index (κ1) is 16.5. The van der Waals surface area contributed by atoms with Crippen molar-refractivity contribution in [2.75, 3.05) is 11.9 Å². The maximum Gasteiger partial charge on any atom is 0.258 e. The molecule has 1 aliphatic heterocycles. The highest BCUT2D eigenvalue weighted by Crippen LogP contribution is 2.25. The van der Waals surface area contributed by atoms with Gasteiger partial charge in [0.2, 0.25) is 10.0 Å². The number of carbonyl (C=O) groups excluding carboxylic acids is 1. The van der Waals surface area contributed by atoms with E-state index in [0.717, 1.165) is 11.1 Å². The third-order valence-corrected chi connectivity index (χ3v) is 5.45. The molecule has 0 saturated heterocycles. The normalized spacial score (nSPS) is 18.3. The molecule has 0 aliphatic carbocycles. The standard InChI is InChI=1S/C17H19N3O3S/c1-12-6-2-3-7-13(12)10-11-18-17(21)16-19-14-8-4-5-9-15(14)24(22,23)20-16/h2-9,16,19-20H,10-11H2,1H3,(H,18,21)/t16-/m1/s1. The highest BCUT2D eigenvalue weighted by Gasteiger charge is 2.32. The summed E-state index contributed by atoms with van der Waals surface area (Å²) >= 11 is 0. The number of amides is 1. The van der Waals surface area contributed by atoms with Crippen molar-refractivity contribution in [1.29, 1.82) is 0 Å². The first-order chi connectivity index (χ1) is 11.5. The zero-order valence-corrected chi connectivity index (χ0v) is 14.1. The van der Waals surface area contributed by atoms with Crippen molar-refractivity contribution in [3.63, 3.8) is 0 Å². The molecule has 0 unspecified atom stereocenters. The van der Waals surface area contributed by atoms with Gasteiger partial charge in [-0.05, 0) is 36.6 Å². The highest BCUT2D eigenvalue weighted by molar-refractivity contribution is 7.89. The Labute approximate surface area is 141 Å². The summed E-state index contributed by atoms with van der Waals surface area (Å²) in [6, 6.07) is 14.5. The Hall–Kier alpha value is -2.38. The van der Waals surface area contributed by atoms with Crippen LogP contribution in [0.4, 0.5) is 5.69 Å². The third kappa shape index (κ3) is 3.42. The fraction of sp³-hybridized carbons (Fsp3) is 0.235. The number of anilines is 1. The highest BCUT2D eigenvalue weighted by atomic mass is 32.2. The Balaban J connectivity index is 1.63. The molecule has 126 valence electrons. The van der Waals surface area contributed by atoms with Gasteiger partial charge in [0.1, 0.15) is 4.90 Å². The van der Waals surface area contributed by atoms with Crippen LogP contribution >= 0.6 is 0 Å². The van der Waals surface area contributed by atoms with Crippen LogP contribution in [0.1, 0.15) is 11.1 Å². The lowest BCUT2D eigenvalue weighted by Gasteiger charge is -2.27. The van der Waals surface area contributed by atoms with Crippen molar-refractivity contribution >= 4 is 21.6 Å². The van der Waals surface area contributed by atoms with Crippen molar-refractivity contribution in [1.82, 2.24) is 10.0 Å². The van der Waals surface area contributed by atoms with E-state index in [-0.39, 0.29) is 4.90 Å². The van der Waals surface area contributed by atoms with Crippen LogP contribution in [0, 0.1) is 6.92 Å². The summed E-state index contributed by atoms with van der Waals surface area (Å²) in [5, 5.41) is 5.68. The lowest BCUT2D eigenvalue weighted by Crippen LogP contribution is -2.54. The monoisotopic (exact) mass is 345 g/mol. The van der Waals surface area contributed by atoms with E-state index in [1.54, 1.807) is 18.2 Å². The Morgan fingerprint density at radius 3 is 2.62 bits per heavy atom. The van der Waals surface area contributed by atoms with Gasteiger partial charge in [-0.2, -0.15) is 4.72 Å². The van der Waals surface area contributed by atoms with Crippen molar-refractivity contribution < 1.29 is 13.2 Å². The quantitative estimate of drug-likeness (QED) is 0.781. The summed E-state index contributed by atoms with van der Waals surface area (Å²) in [7, 11) is -3.69. The Bertz CT molecular complexity index is 865. The Morgan fingerprint density at radius 1 is 1.12 bits per heavy atom. The van der Waals surface area contributed by atoms with E-state index < -0.39 is 22.1 Å². The van der Waals surface area contributed by atoms with Crippen LogP contribution in [0.5, 0.6) is 0 Å². The Morgan fingerprint density at radius 2 is 1.83 bits per heavy atom. The second-order valence-corrected chi connectivity index (χ2v) is 7.34. The largest absolute Gasteiger partial charge is 0.360 e. The molecule has 1 amide bonds. The molecule has 24 heavy (non-hydrogen) atoms. The van der Waals surface area contributed by atoms with E-state index in [4.69, 9.17) is 0 Å². The number of para-hydroxylation sites is 1. The molecule has 1 heterocycles. The molecule has 6 nitrogen and oxygen atoms in total. The van der Waals surface area contributed by atoms with Crippen molar-refractivity contribution in [2.45, 2.75) is 24.4 Å². The molecule has 0 radical (unpaired) electrons. The topological polar surface area (TPSA) is 87.3 Å². The van der Waals surface area contributed by atoms with E-state index in [1.165, 1.54) is 6.07 Å². The zero-order valence-electron chi connectivity index (χ0n) is 13.2. The summed E-state index contributed by atoms with van der Waals surface area (Å²) in [6.45, 7) is 2.45. The molecule has 0 aromatic heterocycles. The molecule has 1 aliphatic rings. The average Bonchev–Trinajstić information content (AvgIpc) is 2.56. The minimum Gasteiger partial charge on any atom is -0.360 e. The van der Waals surface area contributed by atoms with E-state index in [0.29, 0.717) is 18.7 Å². The molecule has 0 saturated carbocycles. The minimum absolute atomic E-state index is 0.147. The van der Waals surface area contributed by atoms with Gasteiger partial charge < -0.3 is 10.6 Å². The Kier molecular flexibility index (Phi) is 4.55. The molecule has 7 heteroatoms. The number of fused-ring (bicyclic) bond motifs is 1. The molecule has 0 bridgehead atoms. The van der Waals surface area contributed by atoms with E-state index in [9.17, 15) is 13.2 Å². The van der Waals surface area contributed by atoms with Crippen LogP contribution in [0.25, 0.3) is 0 Å². The summed E-state index contributed by atoms with van der Waals surface area (Å²) in [5.74, 6) is -0.401. The molecular formula is C17H19N3O3S. The molecule has 3 rings (SSSR count). The molecule has 1 atom stereocenters. The number of sulfonamides is 1. The number of hydrogen-bond donors (Lipinski definition) is 3. The fourth-order valence-corrected chi connectivity index (χ4v) is 3.93. The maximum absolute atomic E-state index is 12.3. The van der Waals surface area contributed by atoms with Gasteiger partial charge in [0.15, 0.2) is 6.17 Å². The molecule has 0 spiro atoms. The van der Waals surface area contributed by atoms with Crippen LogP contribution in [0.2, 0.25) is 0 Å². The predicted octanol–water partition coefficient (Wildman–Crippen LogP) is 1.38. The van der Waals surface area contributed by atoms with Gasteiger partial charge in [0, 0.05) is 6.54 Å². The molecule has 3 N–H and O–H groups in total. The maximum atomic E-state index is 12.3. The van der Waals surface area contributed by atoms with Gasteiger partial charge in [-0.3, -0.25) is 4.79 Å². The predicted molar refractivity (Wildman–Crippen MR) is 92.1 cm³/mol. The number of rotatable bonds is 4. The van der Waals surface area contributed by atoms with Gasteiger partial charge in [-0.15, -0.1) is 0 Å².